The van der Waals surface area contributed by atoms with Gasteiger partial charge in [0.05, 0.1) is 0 Å². The molecule has 1 aromatic rings. The van der Waals surface area contributed by atoms with Gasteiger partial charge < -0.3 is 15.0 Å². The molecule has 1 aromatic carbocycles. The summed E-state index contributed by atoms with van der Waals surface area (Å²) in [6.45, 7) is 4.91. The van der Waals surface area contributed by atoms with Crippen LogP contribution in [0.3, 0.4) is 0 Å². The van der Waals surface area contributed by atoms with Crippen molar-refractivity contribution in [3.63, 3.8) is 0 Å². The molecule has 5 nitrogen and oxygen atoms in total. The van der Waals surface area contributed by atoms with Crippen LogP contribution in [-0.2, 0) is 4.79 Å². The number of ether oxygens (including phenoxy) is 1. The fraction of sp³-hybridized carbons (Fsp3) is 0.583. The number of carbonyl (C=O) groups is 2. The molecule has 1 saturated heterocycles. The van der Waals surface area contributed by atoms with Gasteiger partial charge in [-0.3, -0.25) is 9.59 Å². The molecule has 2 amide bonds. The molecule has 0 aromatic heterocycles. The number of piperidine rings is 1. The molecule has 29 heavy (non-hydrogen) atoms. The number of rotatable bonds is 7. The van der Waals surface area contributed by atoms with Crippen molar-refractivity contribution in [2.75, 3.05) is 13.2 Å². The van der Waals surface area contributed by atoms with Crippen LogP contribution in [0.2, 0.25) is 0 Å². The van der Waals surface area contributed by atoms with E-state index in [0.29, 0.717) is 17.9 Å². The Bertz CT molecular complexity index is 716. The fourth-order valence-corrected chi connectivity index (χ4v) is 4.41. The molecule has 0 saturated carbocycles. The van der Waals surface area contributed by atoms with E-state index in [4.69, 9.17) is 4.74 Å². The number of allylic oxidation sites excluding steroid dienone is 1. The van der Waals surface area contributed by atoms with E-state index in [-0.39, 0.29) is 30.5 Å². The molecular formula is C24H34N2O3. The fourth-order valence-electron chi connectivity index (χ4n) is 4.41. The number of carbonyl (C=O) groups excluding carboxylic acids is 2. The molecular weight excluding hydrogens is 364 g/mol. The first kappa shape index (κ1) is 21.4. The standard InChI is InChI=1S/C24H34N2O3/c1-18-7-6-8-19(2)26(18)23(27)17-29-22-13-11-21(12-14-22)24(28)25-16-15-20-9-4-3-5-10-20/h9,11-14,18-19H,3-8,10,15-17H2,1-2H3,(H,25,28). The lowest BCUT2D eigenvalue weighted by Crippen LogP contribution is -2.49. The Morgan fingerprint density at radius 1 is 1.07 bits per heavy atom. The number of amides is 2. The molecule has 0 bridgehead atoms. The quantitative estimate of drug-likeness (QED) is 0.689. The summed E-state index contributed by atoms with van der Waals surface area (Å²) < 4.78 is 5.68. The van der Waals surface area contributed by atoms with Crippen molar-refractivity contribution in [2.24, 2.45) is 0 Å². The summed E-state index contributed by atoms with van der Waals surface area (Å²) in [7, 11) is 0. The second kappa shape index (κ2) is 10.5. The predicted octanol–water partition coefficient (Wildman–Crippen LogP) is 4.48. The van der Waals surface area contributed by atoms with Crippen LogP contribution >= 0.6 is 0 Å². The van der Waals surface area contributed by atoms with Crippen LogP contribution < -0.4 is 10.1 Å². The Kier molecular flexibility index (Phi) is 7.73. The van der Waals surface area contributed by atoms with E-state index in [1.807, 2.05) is 4.90 Å². The zero-order valence-electron chi connectivity index (χ0n) is 17.8. The summed E-state index contributed by atoms with van der Waals surface area (Å²) in [6.07, 6.45) is 11.4. The molecule has 2 aliphatic rings. The van der Waals surface area contributed by atoms with Gasteiger partial charge in [-0.15, -0.1) is 0 Å². The summed E-state index contributed by atoms with van der Waals surface area (Å²) in [6, 6.07) is 7.56. The Labute approximate surface area is 174 Å². The van der Waals surface area contributed by atoms with Gasteiger partial charge in [0, 0.05) is 24.2 Å². The molecule has 1 N–H and O–H groups in total. The van der Waals surface area contributed by atoms with Crippen molar-refractivity contribution in [1.82, 2.24) is 10.2 Å². The molecule has 5 heteroatoms. The highest BCUT2D eigenvalue weighted by molar-refractivity contribution is 5.94. The molecule has 1 aliphatic heterocycles. The van der Waals surface area contributed by atoms with Gasteiger partial charge in [-0.25, -0.2) is 0 Å². The van der Waals surface area contributed by atoms with E-state index < -0.39 is 0 Å². The van der Waals surface area contributed by atoms with Crippen LogP contribution in [0.4, 0.5) is 0 Å². The maximum atomic E-state index is 12.5. The SMILES string of the molecule is CC1CCCC(C)N1C(=O)COc1ccc(C(=O)NCCC2=CCCCC2)cc1. The Hall–Kier alpha value is -2.30. The van der Waals surface area contributed by atoms with Gasteiger partial charge in [0.15, 0.2) is 6.61 Å². The van der Waals surface area contributed by atoms with Crippen LogP contribution in [0.5, 0.6) is 5.75 Å². The van der Waals surface area contributed by atoms with Crippen molar-refractivity contribution < 1.29 is 14.3 Å². The number of nitrogens with zero attached hydrogens (tertiary/aromatic N) is 1. The number of hydrogen-bond acceptors (Lipinski definition) is 3. The van der Waals surface area contributed by atoms with Gasteiger partial charge in [-0.2, -0.15) is 0 Å². The van der Waals surface area contributed by atoms with Gasteiger partial charge >= 0.3 is 0 Å². The van der Waals surface area contributed by atoms with Crippen molar-refractivity contribution in [1.29, 1.82) is 0 Å². The van der Waals surface area contributed by atoms with Gasteiger partial charge in [0.2, 0.25) is 0 Å². The van der Waals surface area contributed by atoms with E-state index in [9.17, 15) is 9.59 Å². The minimum absolute atomic E-state index is 0.0311. The molecule has 2 unspecified atom stereocenters. The Morgan fingerprint density at radius 3 is 2.45 bits per heavy atom. The molecule has 0 spiro atoms. The number of likely N-dealkylation sites (tertiary alicyclic amines) is 1. The molecule has 2 atom stereocenters. The molecule has 0 radical (unpaired) electrons. The van der Waals surface area contributed by atoms with Crippen molar-refractivity contribution >= 4 is 11.8 Å². The van der Waals surface area contributed by atoms with Gasteiger partial charge in [-0.1, -0.05) is 11.6 Å². The highest BCUT2D eigenvalue weighted by Gasteiger charge is 2.28. The molecule has 1 aliphatic carbocycles. The maximum Gasteiger partial charge on any atom is 0.260 e. The van der Waals surface area contributed by atoms with Crippen molar-refractivity contribution in [2.45, 2.75) is 77.3 Å². The summed E-state index contributed by atoms with van der Waals surface area (Å²) in [5.41, 5.74) is 2.07. The molecule has 1 heterocycles. The average molecular weight is 399 g/mol. The summed E-state index contributed by atoms with van der Waals surface area (Å²) in [4.78, 5) is 26.8. The first-order chi connectivity index (χ1) is 14.0. The topological polar surface area (TPSA) is 58.6 Å². The average Bonchev–Trinajstić information content (AvgIpc) is 2.73. The van der Waals surface area contributed by atoms with E-state index >= 15 is 0 Å². The first-order valence-corrected chi connectivity index (χ1v) is 11.0. The van der Waals surface area contributed by atoms with Crippen LogP contribution in [0, 0.1) is 0 Å². The third kappa shape index (κ3) is 6.09. The largest absolute Gasteiger partial charge is 0.484 e. The number of nitrogens with one attached hydrogen (secondary N) is 1. The third-order valence-electron chi connectivity index (χ3n) is 6.08. The highest BCUT2D eigenvalue weighted by atomic mass is 16.5. The molecule has 3 rings (SSSR count). The predicted molar refractivity (Wildman–Crippen MR) is 115 cm³/mol. The van der Waals surface area contributed by atoms with E-state index in [2.05, 4.69) is 25.2 Å². The van der Waals surface area contributed by atoms with E-state index in [1.54, 1.807) is 24.3 Å². The number of benzene rings is 1. The highest BCUT2D eigenvalue weighted by Crippen LogP contribution is 2.23. The molecule has 1 fully saturated rings. The van der Waals surface area contributed by atoms with Crippen LogP contribution in [0.1, 0.15) is 75.6 Å². The second-order valence-corrected chi connectivity index (χ2v) is 8.36. The Balaban J connectivity index is 1.43. The summed E-state index contributed by atoms with van der Waals surface area (Å²) in [5.74, 6) is 0.572. The lowest BCUT2D eigenvalue weighted by Gasteiger charge is -2.38. The van der Waals surface area contributed by atoms with Crippen LogP contribution in [-0.4, -0.2) is 41.9 Å². The van der Waals surface area contributed by atoms with Gasteiger partial charge in [-0.05, 0) is 89.5 Å². The van der Waals surface area contributed by atoms with E-state index in [0.717, 1.165) is 25.7 Å². The molecule has 158 valence electrons. The Morgan fingerprint density at radius 2 is 1.79 bits per heavy atom. The van der Waals surface area contributed by atoms with Gasteiger partial charge in [0.25, 0.3) is 11.8 Å². The number of hydrogen-bond donors (Lipinski definition) is 1. The monoisotopic (exact) mass is 398 g/mol. The minimum Gasteiger partial charge on any atom is -0.484 e. The maximum absolute atomic E-state index is 12.5. The smallest absolute Gasteiger partial charge is 0.260 e. The van der Waals surface area contributed by atoms with Crippen LogP contribution in [0.15, 0.2) is 35.9 Å². The van der Waals surface area contributed by atoms with E-state index in [1.165, 1.54) is 31.3 Å². The normalized spacial score (nSPS) is 22.0. The minimum atomic E-state index is -0.0694. The summed E-state index contributed by atoms with van der Waals surface area (Å²) in [5, 5.41) is 2.99. The van der Waals surface area contributed by atoms with Crippen LogP contribution in [0.25, 0.3) is 0 Å². The lowest BCUT2D eigenvalue weighted by molar-refractivity contribution is -0.139. The second-order valence-electron chi connectivity index (χ2n) is 8.36. The van der Waals surface area contributed by atoms with Crippen molar-refractivity contribution in [3.05, 3.63) is 41.5 Å². The zero-order chi connectivity index (χ0) is 20.6. The third-order valence-corrected chi connectivity index (χ3v) is 6.08. The zero-order valence-corrected chi connectivity index (χ0v) is 17.8. The van der Waals surface area contributed by atoms with Crippen molar-refractivity contribution in [3.8, 4) is 5.75 Å². The first-order valence-electron chi connectivity index (χ1n) is 11.0. The summed E-state index contributed by atoms with van der Waals surface area (Å²) >= 11 is 0. The lowest BCUT2D eigenvalue weighted by atomic mass is 9.97. The van der Waals surface area contributed by atoms with Gasteiger partial charge in [0.1, 0.15) is 5.75 Å².